The second kappa shape index (κ2) is 4.86. The van der Waals surface area contributed by atoms with Gasteiger partial charge in [-0.3, -0.25) is 0 Å². The molecule has 0 aliphatic carbocycles. The van der Waals surface area contributed by atoms with Crippen molar-refractivity contribution in [2.75, 3.05) is 0 Å². The molecule has 0 radical (unpaired) electrons. The van der Waals surface area contributed by atoms with E-state index >= 15 is 0 Å². The Kier molecular flexibility index (Phi) is 3.75. The van der Waals surface area contributed by atoms with Crippen molar-refractivity contribution >= 4 is 11.6 Å². The molecule has 0 amide bonds. The molecule has 0 saturated heterocycles. The molecule has 0 aromatic heterocycles. The van der Waals surface area contributed by atoms with E-state index in [0.29, 0.717) is 17.9 Å². The number of nitrogens with two attached hydrogens (primary N) is 1. The van der Waals surface area contributed by atoms with Crippen molar-refractivity contribution in [3.63, 3.8) is 0 Å². The summed E-state index contributed by atoms with van der Waals surface area (Å²) in [5.41, 5.74) is 6.86. The highest BCUT2D eigenvalue weighted by molar-refractivity contribution is 6.30. The summed E-state index contributed by atoms with van der Waals surface area (Å²) in [5.74, 6) is 0. The molecule has 1 aromatic carbocycles. The molecule has 13 heavy (non-hydrogen) atoms. The summed E-state index contributed by atoms with van der Waals surface area (Å²) in [5, 5.41) is 9.08. The molecular weight excluding hydrogens is 184 g/mol. The lowest BCUT2D eigenvalue weighted by Crippen LogP contribution is -2.09. The summed E-state index contributed by atoms with van der Waals surface area (Å²) in [6, 6.07) is 9.42. The first-order valence-electron chi connectivity index (χ1n) is 4.12. The minimum Gasteiger partial charge on any atom is -0.324 e. The van der Waals surface area contributed by atoms with Gasteiger partial charge < -0.3 is 5.73 Å². The van der Waals surface area contributed by atoms with Gasteiger partial charge in [0.05, 0.1) is 6.07 Å². The van der Waals surface area contributed by atoms with Gasteiger partial charge in [-0.1, -0.05) is 23.7 Å². The van der Waals surface area contributed by atoms with Crippen LogP contribution in [0.3, 0.4) is 0 Å². The summed E-state index contributed by atoms with van der Waals surface area (Å²) in [4.78, 5) is 0. The lowest BCUT2D eigenvalue weighted by atomic mass is 10.0. The van der Waals surface area contributed by atoms with Crippen LogP contribution in [0.15, 0.2) is 24.3 Å². The molecule has 0 heterocycles. The monoisotopic (exact) mass is 194 g/mol. The van der Waals surface area contributed by atoms with Crippen LogP contribution in [0.1, 0.15) is 24.4 Å². The molecule has 0 bridgehead atoms. The molecule has 2 nitrogen and oxygen atoms in total. The molecular formula is C10H11ClN2. The number of benzene rings is 1. The number of hydrogen-bond donors (Lipinski definition) is 1. The van der Waals surface area contributed by atoms with E-state index in [0.717, 1.165) is 5.56 Å². The van der Waals surface area contributed by atoms with E-state index in [1.807, 2.05) is 24.3 Å². The van der Waals surface area contributed by atoms with Gasteiger partial charge in [-0.25, -0.2) is 0 Å². The number of nitrogens with zero attached hydrogens (tertiary/aromatic N) is 1. The fourth-order valence-corrected chi connectivity index (χ4v) is 1.22. The minimum atomic E-state index is -0.0584. The summed E-state index contributed by atoms with van der Waals surface area (Å²) in [6.07, 6.45) is 1.18. The van der Waals surface area contributed by atoms with Crippen LogP contribution >= 0.6 is 11.6 Å². The largest absolute Gasteiger partial charge is 0.324 e. The molecule has 2 N–H and O–H groups in total. The average Bonchev–Trinajstić information content (AvgIpc) is 2.15. The minimum absolute atomic E-state index is 0.0584. The molecule has 0 aliphatic rings. The molecule has 1 unspecified atom stereocenters. The highest BCUT2D eigenvalue weighted by Gasteiger charge is 2.04. The Balaban J connectivity index is 2.62. The first-order chi connectivity index (χ1) is 6.24. The second-order valence-electron chi connectivity index (χ2n) is 2.85. The maximum Gasteiger partial charge on any atom is 0.0622 e. The van der Waals surface area contributed by atoms with E-state index in [1.54, 1.807) is 0 Å². The van der Waals surface area contributed by atoms with E-state index in [-0.39, 0.29) is 6.04 Å². The molecule has 1 rings (SSSR count). The summed E-state index contributed by atoms with van der Waals surface area (Å²) in [6.45, 7) is 0. The molecule has 3 heteroatoms. The summed E-state index contributed by atoms with van der Waals surface area (Å²) in [7, 11) is 0. The standard InChI is InChI=1S/C10H11ClN2/c11-9-5-3-8(4-6-9)10(13)2-1-7-12/h3-6,10H,1-2,13H2. The van der Waals surface area contributed by atoms with Gasteiger partial charge in [0.15, 0.2) is 0 Å². The number of hydrogen-bond acceptors (Lipinski definition) is 2. The third kappa shape index (κ3) is 3.06. The van der Waals surface area contributed by atoms with Crippen molar-refractivity contribution in [2.24, 2.45) is 5.73 Å². The fourth-order valence-electron chi connectivity index (χ4n) is 1.10. The molecule has 0 fully saturated rings. The van der Waals surface area contributed by atoms with Gasteiger partial charge >= 0.3 is 0 Å². The lowest BCUT2D eigenvalue weighted by molar-refractivity contribution is 0.665. The number of rotatable bonds is 3. The van der Waals surface area contributed by atoms with Crippen LogP contribution in [0, 0.1) is 11.3 Å². The first-order valence-corrected chi connectivity index (χ1v) is 4.50. The second-order valence-corrected chi connectivity index (χ2v) is 3.29. The van der Waals surface area contributed by atoms with Crippen LogP contribution in [0.4, 0.5) is 0 Å². The topological polar surface area (TPSA) is 49.8 Å². The molecule has 0 spiro atoms. The van der Waals surface area contributed by atoms with Gasteiger partial charge in [-0.05, 0) is 24.1 Å². The maximum atomic E-state index is 8.38. The normalized spacial score (nSPS) is 12.1. The van der Waals surface area contributed by atoms with Gasteiger partial charge in [0.2, 0.25) is 0 Å². The van der Waals surface area contributed by atoms with Crippen molar-refractivity contribution in [2.45, 2.75) is 18.9 Å². The van der Waals surface area contributed by atoms with Crippen molar-refractivity contribution in [1.29, 1.82) is 5.26 Å². The van der Waals surface area contributed by atoms with Crippen molar-refractivity contribution in [1.82, 2.24) is 0 Å². The predicted octanol–water partition coefficient (Wildman–Crippen LogP) is 2.64. The van der Waals surface area contributed by atoms with E-state index < -0.39 is 0 Å². The average molecular weight is 195 g/mol. The number of halogens is 1. The smallest absolute Gasteiger partial charge is 0.0622 e. The van der Waals surface area contributed by atoms with Crippen LogP contribution in [-0.4, -0.2) is 0 Å². The van der Waals surface area contributed by atoms with Crippen LogP contribution < -0.4 is 5.73 Å². The fraction of sp³-hybridized carbons (Fsp3) is 0.300. The zero-order chi connectivity index (χ0) is 9.68. The summed E-state index contributed by atoms with van der Waals surface area (Å²) >= 11 is 5.73. The molecule has 1 aromatic rings. The van der Waals surface area contributed by atoms with Gasteiger partial charge in [-0.2, -0.15) is 5.26 Å². The highest BCUT2D eigenvalue weighted by atomic mass is 35.5. The van der Waals surface area contributed by atoms with Gasteiger partial charge in [0, 0.05) is 17.5 Å². The van der Waals surface area contributed by atoms with E-state index in [4.69, 9.17) is 22.6 Å². The lowest BCUT2D eigenvalue weighted by Gasteiger charge is -2.09. The predicted molar refractivity (Wildman–Crippen MR) is 53.2 cm³/mol. The van der Waals surface area contributed by atoms with Crippen molar-refractivity contribution in [3.8, 4) is 6.07 Å². The first kappa shape index (κ1) is 10.0. The van der Waals surface area contributed by atoms with Gasteiger partial charge in [0.25, 0.3) is 0 Å². The molecule has 68 valence electrons. The van der Waals surface area contributed by atoms with E-state index in [1.165, 1.54) is 0 Å². The zero-order valence-corrected chi connectivity index (χ0v) is 7.96. The SMILES string of the molecule is N#CCCC(N)c1ccc(Cl)cc1. The third-order valence-electron chi connectivity index (χ3n) is 1.87. The van der Waals surface area contributed by atoms with Gasteiger partial charge in [0.1, 0.15) is 0 Å². The van der Waals surface area contributed by atoms with Crippen LogP contribution in [0.25, 0.3) is 0 Å². The number of nitriles is 1. The Morgan fingerprint density at radius 1 is 1.38 bits per heavy atom. The van der Waals surface area contributed by atoms with Crippen molar-refractivity contribution < 1.29 is 0 Å². The third-order valence-corrected chi connectivity index (χ3v) is 2.12. The Morgan fingerprint density at radius 3 is 2.54 bits per heavy atom. The Hall–Kier alpha value is -1.04. The zero-order valence-electron chi connectivity index (χ0n) is 7.20. The summed E-state index contributed by atoms with van der Waals surface area (Å²) < 4.78 is 0. The van der Waals surface area contributed by atoms with E-state index in [9.17, 15) is 0 Å². The van der Waals surface area contributed by atoms with E-state index in [2.05, 4.69) is 6.07 Å². The Labute approximate surface area is 82.9 Å². The molecule has 0 saturated carbocycles. The maximum absolute atomic E-state index is 8.38. The van der Waals surface area contributed by atoms with Gasteiger partial charge in [-0.15, -0.1) is 0 Å². The van der Waals surface area contributed by atoms with Crippen molar-refractivity contribution in [3.05, 3.63) is 34.9 Å². The Morgan fingerprint density at radius 2 is 2.00 bits per heavy atom. The molecule has 1 atom stereocenters. The van der Waals surface area contributed by atoms with Crippen LogP contribution in [0.2, 0.25) is 5.02 Å². The molecule has 0 aliphatic heterocycles. The van der Waals surface area contributed by atoms with Crippen LogP contribution in [0.5, 0.6) is 0 Å². The highest BCUT2D eigenvalue weighted by Crippen LogP contribution is 2.17. The van der Waals surface area contributed by atoms with Crippen LogP contribution in [-0.2, 0) is 0 Å². The Bertz CT molecular complexity index is 300. The quantitative estimate of drug-likeness (QED) is 0.804.